The molecule has 1 aliphatic heterocycles. The smallest absolute Gasteiger partial charge is 0.494 e. The largest absolute Gasteiger partial charge is 0.573 e. The van der Waals surface area contributed by atoms with E-state index in [1.54, 1.807) is 12.1 Å². The van der Waals surface area contributed by atoms with E-state index in [2.05, 4.69) is 15.0 Å². The molecular weight excluding hydrogens is 435 g/mol. The van der Waals surface area contributed by atoms with Crippen LogP contribution in [0.2, 0.25) is 0 Å². The summed E-state index contributed by atoms with van der Waals surface area (Å²) in [5.74, 6) is -0.653. The van der Waals surface area contributed by atoms with Crippen LogP contribution >= 0.6 is 24.8 Å². The van der Waals surface area contributed by atoms with E-state index in [0.717, 1.165) is 13.1 Å². The van der Waals surface area contributed by atoms with Crippen LogP contribution in [-0.2, 0) is 0 Å². The van der Waals surface area contributed by atoms with E-state index in [1.807, 2.05) is 0 Å². The Balaban J connectivity index is 0.00000210. The molecule has 1 N–H and O–H groups in total. The molecule has 0 saturated carbocycles. The van der Waals surface area contributed by atoms with Crippen molar-refractivity contribution in [1.82, 2.24) is 10.2 Å². The second-order valence-corrected chi connectivity index (χ2v) is 6.17. The molecule has 2 aromatic rings. The minimum Gasteiger partial charge on any atom is -0.494 e. The highest BCUT2D eigenvalue weighted by Crippen LogP contribution is 2.35. The lowest BCUT2D eigenvalue weighted by molar-refractivity contribution is -0.274. The molecule has 1 fully saturated rings. The topological polar surface area (TPSA) is 33.7 Å². The van der Waals surface area contributed by atoms with Gasteiger partial charge in [0.15, 0.2) is 11.6 Å². The Morgan fingerprint density at radius 3 is 2.17 bits per heavy atom. The van der Waals surface area contributed by atoms with Gasteiger partial charge in [-0.3, -0.25) is 4.90 Å². The van der Waals surface area contributed by atoms with Crippen molar-refractivity contribution in [2.45, 2.75) is 12.4 Å². The maximum atomic E-state index is 14.9. The Morgan fingerprint density at radius 1 is 1.00 bits per heavy atom. The molecule has 0 aliphatic carbocycles. The lowest BCUT2D eigenvalue weighted by Crippen LogP contribution is -2.45. The first-order valence-corrected chi connectivity index (χ1v) is 8.52. The molecule has 162 valence electrons. The molecule has 2 aromatic carbocycles. The van der Waals surface area contributed by atoms with Crippen LogP contribution in [0.25, 0.3) is 0 Å². The molecule has 0 aromatic heterocycles. The van der Waals surface area contributed by atoms with E-state index in [1.165, 1.54) is 37.4 Å². The molecule has 1 saturated heterocycles. The third kappa shape index (κ3) is 6.37. The molecule has 29 heavy (non-hydrogen) atoms. The zero-order valence-corrected chi connectivity index (χ0v) is 17.2. The molecule has 3 rings (SSSR count). The van der Waals surface area contributed by atoms with Crippen LogP contribution in [0.4, 0.5) is 17.6 Å². The molecule has 0 unspecified atom stereocenters. The van der Waals surface area contributed by atoms with Crippen molar-refractivity contribution in [1.29, 1.82) is 0 Å². The first-order chi connectivity index (χ1) is 12.9. The number of alkyl halides is 3. The highest BCUT2D eigenvalue weighted by Gasteiger charge is 2.32. The summed E-state index contributed by atoms with van der Waals surface area (Å²) in [5, 5.41) is 3.24. The van der Waals surface area contributed by atoms with Gasteiger partial charge in [0.2, 0.25) is 0 Å². The summed E-state index contributed by atoms with van der Waals surface area (Å²) in [5.41, 5.74) is 1.10. The van der Waals surface area contributed by atoms with Crippen molar-refractivity contribution in [3.8, 4) is 11.5 Å². The fourth-order valence-electron chi connectivity index (χ4n) is 3.28. The SMILES string of the molecule is COc1cccc([C@H](c2ccc(OC(F)(F)F)cc2)N2CCNCC2)c1F.Cl.Cl. The molecule has 0 amide bonds. The Morgan fingerprint density at radius 2 is 1.62 bits per heavy atom. The normalized spacial score (nSPS) is 15.6. The van der Waals surface area contributed by atoms with Gasteiger partial charge in [-0.25, -0.2) is 4.39 Å². The van der Waals surface area contributed by atoms with Crippen molar-refractivity contribution >= 4 is 24.8 Å². The van der Waals surface area contributed by atoms with Crippen molar-refractivity contribution in [2.24, 2.45) is 0 Å². The number of ether oxygens (including phenoxy) is 2. The van der Waals surface area contributed by atoms with Gasteiger partial charge in [-0.15, -0.1) is 38.0 Å². The summed E-state index contributed by atoms with van der Waals surface area (Å²) in [7, 11) is 1.39. The Bertz CT molecular complexity index is 770. The molecule has 10 heteroatoms. The van der Waals surface area contributed by atoms with Crippen LogP contribution < -0.4 is 14.8 Å². The molecular formula is C19H22Cl2F4N2O2. The fraction of sp³-hybridized carbons (Fsp3) is 0.368. The van der Waals surface area contributed by atoms with Crippen LogP contribution in [0.15, 0.2) is 42.5 Å². The minimum atomic E-state index is -4.75. The Kier molecular flexibility index (Phi) is 9.48. The number of rotatable bonds is 5. The maximum Gasteiger partial charge on any atom is 0.573 e. The van der Waals surface area contributed by atoms with E-state index in [0.29, 0.717) is 24.2 Å². The summed E-state index contributed by atoms with van der Waals surface area (Å²) in [6.07, 6.45) is -4.75. The third-order valence-corrected chi connectivity index (χ3v) is 4.45. The minimum absolute atomic E-state index is 0. The summed E-state index contributed by atoms with van der Waals surface area (Å²) in [4.78, 5) is 2.09. The van der Waals surface area contributed by atoms with Crippen molar-refractivity contribution < 1.29 is 27.0 Å². The lowest BCUT2D eigenvalue weighted by Gasteiger charge is -2.36. The van der Waals surface area contributed by atoms with Crippen LogP contribution in [0.3, 0.4) is 0 Å². The second-order valence-electron chi connectivity index (χ2n) is 6.17. The molecule has 1 heterocycles. The van der Waals surface area contributed by atoms with Gasteiger partial charge in [0.25, 0.3) is 0 Å². The van der Waals surface area contributed by atoms with Crippen LogP contribution in [0, 0.1) is 5.82 Å². The van der Waals surface area contributed by atoms with Gasteiger partial charge in [-0.2, -0.15) is 0 Å². The van der Waals surface area contributed by atoms with Gasteiger partial charge in [0.05, 0.1) is 13.2 Å². The summed E-state index contributed by atoms with van der Waals surface area (Å²) in [6.45, 7) is 2.86. The number of nitrogens with one attached hydrogen (secondary N) is 1. The standard InChI is InChI=1S/C19H20F4N2O2.2ClH/c1-26-16-4-2-3-15(17(16)20)18(25-11-9-24-10-12-25)13-5-7-14(8-6-13)27-19(21,22)23;;/h2-8,18,24H,9-12H2,1H3;2*1H/t18-;;/m0../s1. The number of nitrogens with zero attached hydrogens (tertiary/aromatic N) is 1. The predicted molar refractivity (Wildman–Crippen MR) is 107 cm³/mol. The quantitative estimate of drug-likeness (QED) is 0.668. The molecule has 1 aliphatic rings. The van der Waals surface area contributed by atoms with E-state index in [9.17, 15) is 17.6 Å². The molecule has 4 nitrogen and oxygen atoms in total. The maximum absolute atomic E-state index is 14.9. The van der Waals surface area contributed by atoms with Gasteiger partial charge in [0, 0.05) is 31.7 Å². The molecule has 0 spiro atoms. The number of hydrogen-bond donors (Lipinski definition) is 1. The number of halogens is 6. The number of benzene rings is 2. The van der Waals surface area contributed by atoms with Crippen molar-refractivity contribution in [3.63, 3.8) is 0 Å². The molecule has 1 atom stereocenters. The van der Waals surface area contributed by atoms with Crippen LogP contribution in [0.1, 0.15) is 17.2 Å². The van der Waals surface area contributed by atoms with E-state index in [-0.39, 0.29) is 36.3 Å². The first kappa shape index (κ1) is 25.3. The van der Waals surface area contributed by atoms with E-state index in [4.69, 9.17) is 4.74 Å². The average molecular weight is 457 g/mol. The number of hydrogen-bond acceptors (Lipinski definition) is 4. The van der Waals surface area contributed by atoms with Crippen molar-refractivity contribution in [3.05, 3.63) is 59.4 Å². The van der Waals surface area contributed by atoms with Gasteiger partial charge in [-0.1, -0.05) is 24.3 Å². The average Bonchev–Trinajstić information content (AvgIpc) is 2.64. The van der Waals surface area contributed by atoms with E-state index < -0.39 is 18.2 Å². The van der Waals surface area contributed by atoms with Crippen LogP contribution in [-0.4, -0.2) is 44.6 Å². The third-order valence-electron chi connectivity index (χ3n) is 4.45. The zero-order valence-electron chi connectivity index (χ0n) is 15.5. The zero-order chi connectivity index (χ0) is 19.4. The monoisotopic (exact) mass is 456 g/mol. The van der Waals surface area contributed by atoms with Crippen molar-refractivity contribution in [2.75, 3.05) is 33.3 Å². The summed E-state index contributed by atoms with van der Waals surface area (Å²) >= 11 is 0. The highest BCUT2D eigenvalue weighted by atomic mass is 35.5. The van der Waals surface area contributed by atoms with Gasteiger partial charge >= 0.3 is 6.36 Å². The second kappa shape index (κ2) is 10.9. The highest BCUT2D eigenvalue weighted by molar-refractivity contribution is 5.85. The number of methoxy groups -OCH3 is 1. The Labute approximate surface area is 179 Å². The summed E-state index contributed by atoms with van der Waals surface area (Å²) < 4.78 is 61.1. The number of piperazine rings is 1. The Hall–Kier alpha value is -1.74. The fourth-order valence-corrected chi connectivity index (χ4v) is 3.28. The van der Waals surface area contributed by atoms with Gasteiger partial charge in [-0.05, 0) is 23.8 Å². The van der Waals surface area contributed by atoms with Crippen LogP contribution in [0.5, 0.6) is 11.5 Å². The van der Waals surface area contributed by atoms with Gasteiger partial charge in [0.1, 0.15) is 5.75 Å². The van der Waals surface area contributed by atoms with E-state index >= 15 is 0 Å². The summed E-state index contributed by atoms with van der Waals surface area (Å²) in [6, 6.07) is 10.0. The van der Waals surface area contributed by atoms with Gasteiger partial charge < -0.3 is 14.8 Å². The molecule has 0 bridgehead atoms. The molecule has 0 radical (unpaired) electrons. The predicted octanol–water partition coefficient (Wildman–Crippen LogP) is 4.57. The first-order valence-electron chi connectivity index (χ1n) is 8.52. The lowest BCUT2D eigenvalue weighted by atomic mass is 9.95.